The lowest BCUT2D eigenvalue weighted by Crippen LogP contribution is -1.87. The van der Waals surface area contributed by atoms with Crippen LogP contribution in [-0.4, -0.2) is 32.1 Å². The van der Waals surface area contributed by atoms with Gasteiger partial charge in [0.2, 0.25) is 0 Å². The van der Waals surface area contributed by atoms with Crippen molar-refractivity contribution in [3.05, 3.63) is 0 Å². The van der Waals surface area contributed by atoms with Crippen molar-refractivity contribution in [3.63, 3.8) is 0 Å². The van der Waals surface area contributed by atoms with Crippen LogP contribution in [-0.2, 0) is 0 Å². The Hall–Kier alpha value is 0.726. The molecule has 0 unspecified atom stereocenters. The van der Waals surface area contributed by atoms with Crippen LogP contribution in [0.4, 0.5) is 0 Å². The highest BCUT2D eigenvalue weighted by Gasteiger charge is 1.92. The number of rotatable bonds is 7. The van der Waals surface area contributed by atoms with Crippen LogP contribution in [0.5, 0.6) is 0 Å². The maximum Gasteiger partial charge on any atom is 0.364 e. The summed E-state index contributed by atoms with van der Waals surface area (Å²) in [6.07, 6.45) is 6.67. The van der Waals surface area contributed by atoms with Gasteiger partial charge in [0.15, 0.2) is 0 Å². The molecule has 0 radical (unpaired) electrons. The van der Waals surface area contributed by atoms with Crippen molar-refractivity contribution >= 4 is 20.4 Å². The van der Waals surface area contributed by atoms with Gasteiger partial charge in [-0.3, -0.25) is 0 Å². The molecular weight excluding hydrogens is 172 g/mol. The molecule has 0 spiro atoms. The van der Waals surface area contributed by atoms with E-state index in [0.717, 1.165) is 6.42 Å². The minimum Gasteiger partial charge on any atom is -0.396 e. The van der Waals surface area contributed by atoms with Crippen LogP contribution in [0.25, 0.3) is 0 Å². The number of hydrogen-bond donors (Lipinski definition) is 1. The van der Waals surface area contributed by atoms with Gasteiger partial charge >= 0.3 is 20.4 Å². The molecular formula is C11H26MgO. The van der Waals surface area contributed by atoms with E-state index in [1.807, 2.05) is 6.92 Å². The monoisotopic (exact) mass is 198 g/mol. The SMILES string of the molecule is CCCO.CCC[CH2][Mg][CH2]CCC. The molecule has 0 heterocycles. The van der Waals surface area contributed by atoms with Crippen molar-refractivity contribution in [1.29, 1.82) is 0 Å². The largest absolute Gasteiger partial charge is 0.396 e. The first-order valence-electron chi connectivity index (χ1n) is 5.94. The maximum absolute atomic E-state index is 7.88. The summed E-state index contributed by atoms with van der Waals surface area (Å²) in [4.78, 5) is 0. The summed E-state index contributed by atoms with van der Waals surface area (Å²) < 4.78 is 3.19. The van der Waals surface area contributed by atoms with Crippen LogP contribution in [0.2, 0.25) is 9.10 Å². The van der Waals surface area contributed by atoms with Gasteiger partial charge in [-0.05, 0) is 6.42 Å². The summed E-state index contributed by atoms with van der Waals surface area (Å²) in [5.41, 5.74) is 0. The second-order valence-corrected chi connectivity index (χ2v) is 5.61. The van der Waals surface area contributed by atoms with E-state index in [0.29, 0.717) is 27.0 Å². The third kappa shape index (κ3) is 24.5. The molecule has 0 saturated carbocycles. The topological polar surface area (TPSA) is 20.2 Å². The van der Waals surface area contributed by atoms with Crippen LogP contribution < -0.4 is 0 Å². The molecule has 0 bridgehead atoms. The maximum atomic E-state index is 7.88. The van der Waals surface area contributed by atoms with Gasteiger partial charge in [-0.25, -0.2) is 0 Å². The zero-order valence-corrected chi connectivity index (χ0v) is 11.2. The van der Waals surface area contributed by atoms with Gasteiger partial charge in [-0.2, -0.15) is 0 Å². The lowest BCUT2D eigenvalue weighted by atomic mass is 10.4. The Morgan fingerprint density at radius 2 is 1.23 bits per heavy atom. The molecule has 0 saturated heterocycles. The quantitative estimate of drug-likeness (QED) is 0.490. The van der Waals surface area contributed by atoms with Gasteiger partial charge < -0.3 is 5.11 Å². The van der Waals surface area contributed by atoms with Crippen molar-refractivity contribution in [2.75, 3.05) is 6.61 Å². The van der Waals surface area contributed by atoms with E-state index in [4.69, 9.17) is 5.11 Å². The van der Waals surface area contributed by atoms with Gasteiger partial charge in [0.1, 0.15) is 0 Å². The van der Waals surface area contributed by atoms with E-state index in [9.17, 15) is 0 Å². The van der Waals surface area contributed by atoms with Gasteiger partial charge in [0.25, 0.3) is 0 Å². The zero-order valence-electron chi connectivity index (χ0n) is 9.81. The molecule has 0 amide bonds. The van der Waals surface area contributed by atoms with Crippen molar-refractivity contribution in [2.45, 2.75) is 62.0 Å². The Bertz CT molecular complexity index is 59.1. The predicted octanol–water partition coefficient (Wildman–Crippen LogP) is 3.52. The zero-order chi connectivity index (χ0) is 10.4. The Kier molecular flexibility index (Phi) is 23.0. The summed E-state index contributed by atoms with van der Waals surface area (Å²) >= 11 is 0.389. The molecule has 0 aliphatic carbocycles. The fraction of sp³-hybridized carbons (Fsp3) is 1.00. The van der Waals surface area contributed by atoms with Crippen molar-refractivity contribution in [3.8, 4) is 0 Å². The van der Waals surface area contributed by atoms with Crippen LogP contribution in [0.1, 0.15) is 52.9 Å². The van der Waals surface area contributed by atoms with E-state index in [1.54, 1.807) is 9.10 Å². The average molecular weight is 199 g/mol. The molecule has 0 atom stereocenters. The van der Waals surface area contributed by atoms with E-state index in [2.05, 4.69) is 13.8 Å². The third-order valence-electron chi connectivity index (χ3n) is 1.93. The molecule has 1 N–H and O–H groups in total. The average Bonchev–Trinajstić information content (AvgIpc) is 2.18. The van der Waals surface area contributed by atoms with Crippen LogP contribution >= 0.6 is 0 Å². The van der Waals surface area contributed by atoms with Crippen LogP contribution in [0.3, 0.4) is 0 Å². The Morgan fingerprint density at radius 1 is 0.846 bits per heavy atom. The minimum absolute atomic E-state index is 0.319. The van der Waals surface area contributed by atoms with Gasteiger partial charge in [-0.1, -0.05) is 46.5 Å². The third-order valence-corrected chi connectivity index (χ3v) is 3.93. The summed E-state index contributed by atoms with van der Waals surface area (Å²) in [5, 5.41) is 7.88. The highest BCUT2D eigenvalue weighted by atomic mass is 24.5. The molecule has 13 heavy (non-hydrogen) atoms. The van der Waals surface area contributed by atoms with E-state index in [1.165, 1.54) is 25.7 Å². The molecule has 0 aliphatic heterocycles. The van der Waals surface area contributed by atoms with E-state index in [-0.39, 0.29) is 0 Å². The van der Waals surface area contributed by atoms with E-state index >= 15 is 0 Å². The lowest BCUT2D eigenvalue weighted by molar-refractivity contribution is 0.295. The molecule has 0 aromatic rings. The molecule has 2 heteroatoms. The van der Waals surface area contributed by atoms with Gasteiger partial charge in [0, 0.05) is 6.61 Å². The molecule has 0 aliphatic rings. The number of aliphatic hydroxyl groups is 1. The predicted molar refractivity (Wildman–Crippen MR) is 62.6 cm³/mol. The first-order chi connectivity index (χ1) is 6.33. The smallest absolute Gasteiger partial charge is 0.364 e. The van der Waals surface area contributed by atoms with Gasteiger partial charge in [-0.15, -0.1) is 9.10 Å². The first-order valence-corrected chi connectivity index (χ1v) is 7.94. The van der Waals surface area contributed by atoms with Crippen LogP contribution in [0.15, 0.2) is 0 Å². The first kappa shape index (κ1) is 16.2. The van der Waals surface area contributed by atoms with E-state index < -0.39 is 0 Å². The standard InChI is InChI=1S/2C4H9.C3H8O.Mg/c2*1-3-4-2;1-2-3-4;/h2*1,3-4H2,2H3;4H,2-3H2,1H3;. The molecule has 0 aromatic carbocycles. The molecule has 0 rings (SSSR count). The van der Waals surface area contributed by atoms with Gasteiger partial charge in [0.05, 0.1) is 0 Å². The summed E-state index contributed by atoms with van der Waals surface area (Å²) in [6.45, 7) is 6.82. The highest BCUT2D eigenvalue weighted by Crippen LogP contribution is 1.99. The highest BCUT2D eigenvalue weighted by molar-refractivity contribution is 6.35. The lowest BCUT2D eigenvalue weighted by Gasteiger charge is -1.93. The van der Waals surface area contributed by atoms with Crippen molar-refractivity contribution in [1.82, 2.24) is 0 Å². The Labute approximate surface area is 94.0 Å². The summed E-state index contributed by atoms with van der Waals surface area (Å²) in [6, 6.07) is 0. The molecule has 78 valence electrons. The van der Waals surface area contributed by atoms with Crippen LogP contribution in [0, 0.1) is 0 Å². The Morgan fingerprint density at radius 3 is 1.46 bits per heavy atom. The second-order valence-electron chi connectivity index (χ2n) is 3.49. The summed E-state index contributed by atoms with van der Waals surface area (Å²) in [5.74, 6) is 0. The molecule has 0 aromatic heterocycles. The fourth-order valence-electron chi connectivity index (χ4n) is 1.03. The fourth-order valence-corrected chi connectivity index (χ4v) is 3.09. The number of hydrogen-bond acceptors (Lipinski definition) is 1. The molecule has 1 nitrogen and oxygen atoms in total. The number of aliphatic hydroxyl groups excluding tert-OH is 1. The molecule has 0 fully saturated rings. The second kappa shape index (κ2) is 18.5. The normalized spacial score (nSPS) is 8.62. The minimum atomic E-state index is 0.319. The number of unbranched alkanes of at least 4 members (excludes halogenated alkanes) is 2. The van der Waals surface area contributed by atoms with Crippen molar-refractivity contribution in [2.24, 2.45) is 0 Å². The Balaban J connectivity index is 0. The summed E-state index contributed by atoms with van der Waals surface area (Å²) in [7, 11) is 0. The van der Waals surface area contributed by atoms with Crippen molar-refractivity contribution < 1.29 is 5.11 Å².